The molecule has 0 radical (unpaired) electrons. The second-order valence-corrected chi connectivity index (χ2v) is 5.52. The predicted molar refractivity (Wildman–Crippen MR) is 71.9 cm³/mol. The van der Waals surface area contributed by atoms with E-state index >= 15 is 0 Å². The van der Waals surface area contributed by atoms with Crippen molar-refractivity contribution in [2.24, 2.45) is 5.92 Å². The topological polar surface area (TPSA) is 49.3 Å². The molecule has 0 fully saturated rings. The van der Waals surface area contributed by atoms with Gasteiger partial charge in [0.1, 0.15) is 5.82 Å². The molecule has 0 saturated heterocycles. The van der Waals surface area contributed by atoms with E-state index < -0.39 is 11.7 Å². The van der Waals surface area contributed by atoms with Crippen molar-refractivity contribution in [3.8, 4) is 0 Å². The minimum absolute atomic E-state index is 0.0217. The molecule has 100 valence electrons. The molecule has 3 nitrogen and oxygen atoms in total. The third-order valence-electron chi connectivity index (χ3n) is 2.48. The SMILES string of the molecule is CC(C)CC(CO)NC(=O)c1cc(Br)ccc1F. The second-order valence-electron chi connectivity index (χ2n) is 4.61. The number of aliphatic hydroxyl groups is 1. The Kier molecular flexibility index (Phi) is 5.75. The molecule has 2 N–H and O–H groups in total. The highest BCUT2D eigenvalue weighted by Gasteiger charge is 2.17. The highest BCUT2D eigenvalue weighted by atomic mass is 79.9. The number of aliphatic hydroxyl groups excluding tert-OH is 1. The molecule has 1 atom stereocenters. The number of halogens is 2. The molecule has 0 saturated carbocycles. The minimum Gasteiger partial charge on any atom is -0.394 e. The van der Waals surface area contributed by atoms with E-state index in [1.54, 1.807) is 0 Å². The lowest BCUT2D eigenvalue weighted by Crippen LogP contribution is -2.38. The van der Waals surface area contributed by atoms with Crippen molar-refractivity contribution < 1.29 is 14.3 Å². The summed E-state index contributed by atoms with van der Waals surface area (Å²) in [4.78, 5) is 11.9. The van der Waals surface area contributed by atoms with Gasteiger partial charge in [0.2, 0.25) is 0 Å². The molecule has 1 unspecified atom stereocenters. The van der Waals surface area contributed by atoms with Crippen molar-refractivity contribution in [3.05, 3.63) is 34.1 Å². The van der Waals surface area contributed by atoms with Gasteiger partial charge in [-0.3, -0.25) is 4.79 Å². The van der Waals surface area contributed by atoms with Crippen LogP contribution in [-0.4, -0.2) is 23.7 Å². The molecule has 0 aliphatic carbocycles. The van der Waals surface area contributed by atoms with Crippen LogP contribution >= 0.6 is 15.9 Å². The fraction of sp³-hybridized carbons (Fsp3) is 0.462. The normalized spacial score (nSPS) is 12.6. The number of benzene rings is 1. The average molecular weight is 318 g/mol. The zero-order chi connectivity index (χ0) is 13.7. The maximum atomic E-state index is 13.5. The van der Waals surface area contributed by atoms with Gasteiger partial charge in [0.15, 0.2) is 0 Å². The van der Waals surface area contributed by atoms with Crippen molar-refractivity contribution in [3.63, 3.8) is 0 Å². The number of carbonyl (C=O) groups excluding carboxylic acids is 1. The third kappa shape index (κ3) is 4.38. The van der Waals surface area contributed by atoms with Gasteiger partial charge >= 0.3 is 0 Å². The van der Waals surface area contributed by atoms with Gasteiger partial charge in [-0.25, -0.2) is 4.39 Å². The first-order valence-corrected chi connectivity index (χ1v) is 6.60. The molecular weight excluding hydrogens is 301 g/mol. The molecule has 1 amide bonds. The van der Waals surface area contributed by atoms with Gasteiger partial charge in [0, 0.05) is 4.47 Å². The zero-order valence-electron chi connectivity index (χ0n) is 10.4. The van der Waals surface area contributed by atoms with Crippen LogP contribution in [0.2, 0.25) is 0 Å². The van der Waals surface area contributed by atoms with Crippen LogP contribution in [0.1, 0.15) is 30.6 Å². The molecule has 0 aliphatic rings. The van der Waals surface area contributed by atoms with E-state index in [1.165, 1.54) is 18.2 Å². The van der Waals surface area contributed by atoms with Crippen LogP contribution in [0.15, 0.2) is 22.7 Å². The average Bonchev–Trinajstić information content (AvgIpc) is 2.30. The van der Waals surface area contributed by atoms with Crippen LogP contribution in [0.4, 0.5) is 4.39 Å². The summed E-state index contributed by atoms with van der Waals surface area (Å²) in [5.74, 6) is -0.736. The number of hydrogen-bond acceptors (Lipinski definition) is 2. The van der Waals surface area contributed by atoms with E-state index in [1.807, 2.05) is 13.8 Å². The smallest absolute Gasteiger partial charge is 0.254 e. The lowest BCUT2D eigenvalue weighted by Gasteiger charge is -2.18. The summed E-state index contributed by atoms with van der Waals surface area (Å²) >= 11 is 3.19. The Morgan fingerprint density at radius 3 is 2.72 bits per heavy atom. The lowest BCUT2D eigenvalue weighted by atomic mass is 10.0. The Labute approximate surface area is 115 Å². The quantitative estimate of drug-likeness (QED) is 0.877. The number of nitrogens with one attached hydrogen (secondary N) is 1. The summed E-state index contributed by atoms with van der Waals surface area (Å²) in [6, 6.07) is 3.84. The van der Waals surface area contributed by atoms with Crippen molar-refractivity contribution >= 4 is 21.8 Å². The molecule has 5 heteroatoms. The van der Waals surface area contributed by atoms with E-state index in [0.29, 0.717) is 16.8 Å². The molecule has 0 aromatic heterocycles. The Morgan fingerprint density at radius 2 is 2.17 bits per heavy atom. The summed E-state index contributed by atoms with van der Waals surface area (Å²) in [6.07, 6.45) is 0.651. The molecule has 1 aromatic carbocycles. The van der Waals surface area contributed by atoms with Crippen molar-refractivity contribution in [1.29, 1.82) is 0 Å². The highest BCUT2D eigenvalue weighted by molar-refractivity contribution is 9.10. The van der Waals surface area contributed by atoms with Crippen LogP contribution in [0, 0.1) is 11.7 Å². The Balaban J connectivity index is 2.77. The molecule has 0 bridgehead atoms. The standard InChI is InChI=1S/C13H17BrFNO2/c1-8(2)5-10(7-17)16-13(18)11-6-9(14)3-4-12(11)15/h3-4,6,8,10,17H,5,7H2,1-2H3,(H,16,18). The number of hydrogen-bond donors (Lipinski definition) is 2. The molecular formula is C13H17BrFNO2. The number of carbonyl (C=O) groups is 1. The van der Waals surface area contributed by atoms with Crippen molar-refractivity contribution in [2.45, 2.75) is 26.3 Å². The van der Waals surface area contributed by atoms with Gasteiger partial charge in [0.25, 0.3) is 5.91 Å². The Bertz CT molecular complexity index is 423. The van der Waals surface area contributed by atoms with Gasteiger partial charge in [-0.05, 0) is 30.5 Å². The zero-order valence-corrected chi connectivity index (χ0v) is 12.0. The maximum absolute atomic E-state index is 13.5. The fourth-order valence-electron chi connectivity index (χ4n) is 1.68. The molecule has 18 heavy (non-hydrogen) atoms. The monoisotopic (exact) mass is 317 g/mol. The number of amides is 1. The van der Waals surface area contributed by atoms with Crippen molar-refractivity contribution in [1.82, 2.24) is 5.32 Å². The van der Waals surface area contributed by atoms with Gasteiger partial charge in [-0.15, -0.1) is 0 Å². The van der Waals surface area contributed by atoms with E-state index in [-0.39, 0.29) is 18.2 Å². The molecule has 1 aromatic rings. The van der Waals surface area contributed by atoms with E-state index in [0.717, 1.165) is 0 Å². The maximum Gasteiger partial charge on any atom is 0.254 e. The molecule has 0 heterocycles. The summed E-state index contributed by atoms with van der Waals surface area (Å²) in [6.45, 7) is 3.84. The summed E-state index contributed by atoms with van der Waals surface area (Å²) in [5.41, 5.74) is -0.0217. The van der Waals surface area contributed by atoms with E-state index in [9.17, 15) is 14.3 Å². The number of rotatable bonds is 5. The van der Waals surface area contributed by atoms with Gasteiger partial charge in [-0.2, -0.15) is 0 Å². The largest absolute Gasteiger partial charge is 0.394 e. The summed E-state index contributed by atoms with van der Waals surface area (Å²) in [7, 11) is 0. The Hall–Kier alpha value is -0.940. The van der Waals surface area contributed by atoms with Crippen molar-refractivity contribution in [2.75, 3.05) is 6.61 Å². The first-order valence-electron chi connectivity index (χ1n) is 5.80. The summed E-state index contributed by atoms with van der Waals surface area (Å²) in [5, 5.41) is 11.8. The fourth-order valence-corrected chi connectivity index (χ4v) is 2.04. The third-order valence-corrected chi connectivity index (χ3v) is 2.98. The minimum atomic E-state index is -0.572. The van der Waals surface area contributed by atoms with Gasteiger partial charge in [0.05, 0.1) is 18.2 Å². The molecule has 0 spiro atoms. The van der Waals surface area contributed by atoms with Crippen LogP contribution in [0.3, 0.4) is 0 Å². The van der Waals surface area contributed by atoms with Gasteiger partial charge in [-0.1, -0.05) is 29.8 Å². The lowest BCUT2D eigenvalue weighted by molar-refractivity contribution is 0.0904. The molecule has 0 aliphatic heterocycles. The Morgan fingerprint density at radius 1 is 1.50 bits per heavy atom. The summed E-state index contributed by atoms with van der Waals surface area (Å²) < 4.78 is 14.1. The predicted octanol–water partition coefficient (Wildman–Crippen LogP) is 2.73. The second kappa shape index (κ2) is 6.85. The van der Waals surface area contributed by atoms with E-state index in [4.69, 9.17) is 0 Å². The van der Waals surface area contributed by atoms with Crippen LogP contribution in [0.25, 0.3) is 0 Å². The van der Waals surface area contributed by atoms with E-state index in [2.05, 4.69) is 21.2 Å². The van der Waals surface area contributed by atoms with Crippen LogP contribution in [0.5, 0.6) is 0 Å². The van der Waals surface area contributed by atoms with Crippen LogP contribution in [-0.2, 0) is 0 Å². The first kappa shape index (κ1) is 15.1. The van der Waals surface area contributed by atoms with Gasteiger partial charge < -0.3 is 10.4 Å². The first-order chi connectivity index (χ1) is 8.43. The van der Waals surface area contributed by atoms with Crippen LogP contribution < -0.4 is 5.32 Å². The highest BCUT2D eigenvalue weighted by Crippen LogP contribution is 2.16. The molecule has 1 rings (SSSR count).